The first-order chi connectivity index (χ1) is 9.06. The quantitative estimate of drug-likeness (QED) is 0.841. The largest absolute Gasteiger partial charge is 0.398 e. The van der Waals surface area contributed by atoms with E-state index in [9.17, 15) is 4.79 Å². The van der Waals surface area contributed by atoms with Crippen LogP contribution in [-0.4, -0.2) is 17.4 Å². The summed E-state index contributed by atoms with van der Waals surface area (Å²) in [6.45, 7) is 2.54. The number of anilines is 1. The number of nitrogens with zero attached hydrogens (tertiary/aromatic N) is 1. The van der Waals surface area contributed by atoms with Gasteiger partial charge < -0.3 is 11.1 Å². The van der Waals surface area contributed by atoms with E-state index in [1.54, 1.807) is 29.5 Å². The molecule has 1 aromatic heterocycles. The van der Waals surface area contributed by atoms with Crippen LogP contribution in [-0.2, 0) is 6.42 Å². The highest BCUT2D eigenvalue weighted by Crippen LogP contribution is 2.20. The highest BCUT2D eigenvalue weighted by Gasteiger charge is 2.07. The van der Waals surface area contributed by atoms with E-state index in [0.717, 1.165) is 21.6 Å². The van der Waals surface area contributed by atoms with Crippen molar-refractivity contribution >= 4 is 38.9 Å². The molecule has 0 atom stereocenters. The fraction of sp³-hybridized carbons (Fsp3) is 0.231. The number of aryl methyl sites for hydroxylation is 1. The number of halogens is 1. The number of nitrogens with two attached hydrogens (primary N) is 1. The van der Waals surface area contributed by atoms with E-state index in [0.29, 0.717) is 17.8 Å². The summed E-state index contributed by atoms with van der Waals surface area (Å²) in [4.78, 5) is 16.3. The molecule has 0 unspecified atom stereocenters. The standard InChI is InChI=1S/C13H14BrN3OS/c1-8-7-19-12(17-8)4-5-16-13(18)9-2-3-11(15)10(14)6-9/h2-3,6-7H,4-5,15H2,1H3,(H,16,18). The topological polar surface area (TPSA) is 68.0 Å². The molecule has 0 radical (unpaired) electrons. The Hall–Kier alpha value is -1.40. The minimum atomic E-state index is -0.103. The van der Waals surface area contributed by atoms with Gasteiger partial charge in [0.05, 0.1) is 5.01 Å². The minimum absolute atomic E-state index is 0.103. The monoisotopic (exact) mass is 339 g/mol. The van der Waals surface area contributed by atoms with Crippen LogP contribution in [0.4, 0.5) is 5.69 Å². The molecule has 19 heavy (non-hydrogen) atoms. The van der Waals surface area contributed by atoms with Crippen molar-refractivity contribution in [2.45, 2.75) is 13.3 Å². The number of nitrogens with one attached hydrogen (secondary N) is 1. The Morgan fingerprint density at radius 1 is 1.53 bits per heavy atom. The first-order valence-corrected chi connectivity index (χ1v) is 7.48. The predicted molar refractivity (Wildman–Crippen MR) is 81.4 cm³/mol. The van der Waals surface area contributed by atoms with Crippen LogP contribution in [0.5, 0.6) is 0 Å². The van der Waals surface area contributed by atoms with Gasteiger partial charge in [0, 0.05) is 39.8 Å². The molecule has 6 heteroatoms. The predicted octanol–water partition coefficient (Wildman–Crippen LogP) is 2.77. The van der Waals surface area contributed by atoms with Gasteiger partial charge in [-0.05, 0) is 41.1 Å². The Kier molecular flexibility index (Phi) is 4.55. The van der Waals surface area contributed by atoms with Crippen LogP contribution in [0.15, 0.2) is 28.1 Å². The summed E-state index contributed by atoms with van der Waals surface area (Å²) < 4.78 is 0.732. The molecule has 1 heterocycles. The van der Waals surface area contributed by atoms with Crippen molar-refractivity contribution in [3.05, 3.63) is 44.3 Å². The lowest BCUT2D eigenvalue weighted by atomic mass is 10.2. The summed E-state index contributed by atoms with van der Waals surface area (Å²) in [6, 6.07) is 5.14. The zero-order valence-electron chi connectivity index (χ0n) is 10.4. The lowest BCUT2D eigenvalue weighted by Gasteiger charge is -2.05. The molecule has 0 bridgehead atoms. The number of nitrogen functional groups attached to an aromatic ring is 1. The number of hydrogen-bond acceptors (Lipinski definition) is 4. The summed E-state index contributed by atoms with van der Waals surface area (Å²) in [5, 5.41) is 5.92. The smallest absolute Gasteiger partial charge is 0.251 e. The SMILES string of the molecule is Cc1csc(CCNC(=O)c2ccc(N)c(Br)c2)n1. The average Bonchev–Trinajstić information content (AvgIpc) is 2.78. The molecule has 0 spiro atoms. The number of thiazole rings is 1. The fourth-order valence-corrected chi connectivity index (χ4v) is 2.73. The van der Waals surface area contributed by atoms with E-state index in [4.69, 9.17) is 5.73 Å². The van der Waals surface area contributed by atoms with E-state index in [1.165, 1.54) is 0 Å². The summed E-state index contributed by atoms with van der Waals surface area (Å²) in [7, 11) is 0. The Morgan fingerprint density at radius 2 is 2.32 bits per heavy atom. The van der Waals surface area contributed by atoms with Crippen molar-refractivity contribution in [3.8, 4) is 0 Å². The van der Waals surface area contributed by atoms with Crippen molar-refractivity contribution in [2.24, 2.45) is 0 Å². The molecule has 3 N–H and O–H groups in total. The van der Waals surface area contributed by atoms with Crippen molar-refractivity contribution in [1.82, 2.24) is 10.3 Å². The average molecular weight is 340 g/mol. The first-order valence-electron chi connectivity index (χ1n) is 5.80. The fourth-order valence-electron chi connectivity index (χ4n) is 1.57. The molecule has 0 aliphatic carbocycles. The number of carbonyl (C=O) groups excluding carboxylic acids is 1. The van der Waals surface area contributed by atoms with Gasteiger partial charge in [0.15, 0.2) is 0 Å². The number of carbonyl (C=O) groups is 1. The van der Waals surface area contributed by atoms with Gasteiger partial charge in [0.2, 0.25) is 0 Å². The molecule has 0 saturated carbocycles. The molecule has 0 aliphatic rings. The van der Waals surface area contributed by atoms with Crippen LogP contribution in [0.2, 0.25) is 0 Å². The summed E-state index contributed by atoms with van der Waals surface area (Å²) >= 11 is 4.92. The maximum absolute atomic E-state index is 11.9. The van der Waals surface area contributed by atoms with Gasteiger partial charge in [-0.2, -0.15) is 0 Å². The molecule has 0 saturated heterocycles. The Bertz CT molecular complexity index is 597. The van der Waals surface area contributed by atoms with Crippen molar-refractivity contribution in [2.75, 3.05) is 12.3 Å². The van der Waals surface area contributed by atoms with Crippen LogP contribution in [0.1, 0.15) is 21.1 Å². The van der Waals surface area contributed by atoms with Gasteiger partial charge in [0.25, 0.3) is 5.91 Å². The van der Waals surface area contributed by atoms with Crippen LogP contribution in [0.3, 0.4) is 0 Å². The van der Waals surface area contributed by atoms with Crippen LogP contribution in [0, 0.1) is 6.92 Å². The van der Waals surface area contributed by atoms with Crippen LogP contribution < -0.4 is 11.1 Å². The van der Waals surface area contributed by atoms with Gasteiger partial charge in [-0.3, -0.25) is 4.79 Å². The molecular weight excluding hydrogens is 326 g/mol. The number of benzene rings is 1. The normalized spacial score (nSPS) is 10.4. The summed E-state index contributed by atoms with van der Waals surface area (Å²) in [5.41, 5.74) is 7.92. The van der Waals surface area contributed by atoms with E-state index >= 15 is 0 Å². The second-order valence-electron chi connectivity index (χ2n) is 4.12. The molecule has 0 aliphatic heterocycles. The second kappa shape index (κ2) is 6.16. The highest BCUT2D eigenvalue weighted by atomic mass is 79.9. The van der Waals surface area contributed by atoms with E-state index in [-0.39, 0.29) is 5.91 Å². The summed E-state index contributed by atoms with van der Waals surface area (Å²) in [6.07, 6.45) is 0.750. The third-order valence-electron chi connectivity index (χ3n) is 2.55. The highest BCUT2D eigenvalue weighted by molar-refractivity contribution is 9.10. The van der Waals surface area contributed by atoms with Gasteiger partial charge in [-0.25, -0.2) is 4.98 Å². The zero-order chi connectivity index (χ0) is 13.8. The Morgan fingerprint density at radius 3 is 2.95 bits per heavy atom. The third-order valence-corrected chi connectivity index (χ3v) is 4.27. The Labute approximate surface area is 124 Å². The molecule has 1 aromatic carbocycles. The molecule has 100 valence electrons. The molecule has 1 amide bonds. The molecule has 2 rings (SSSR count). The van der Waals surface area contributed by atoms with Gasteiger partial charge in [-0.1, -0.05) is 0 Å². The first kappa shape index (κ1) is 14.0. The third kappa shape index (κ3) is 3.78. The van der Waals surface area contributed by atoms with Gasteiger partial charge in [-0.15, -0.1) is 11.3 Å². The van der Waals surface area contributed by atoms with Crippen molar-refractivity contribution in [1.29, 1.82) is 0 Å². The number of rotatable bonds is 4. The van der Waals surface area contributed by atoms with Crippen molar-refractivity contribution < 1.29 is 4.79 Å². The molecule has 0 fully saturated rings. The number of aromatic nitrogens is 1. The maximum Gasteiger partial charge on any atom is 0.251 e. The number of hydrogen-bond donors (Lipinski definition) is 2. The second-order valence-corrected chi connectivity index (χ2v) is 5.92. The molecule has 2 aromatic rings. The molecular formula is C13H14BrN3OS. The van der Waals surface area contributed by atoms with Gasteiger partial charge in [0.1, 0.15) is 0 Å². The van der Waals surface area contributed by atoms with Crippen LogP contribution in [0.25, 0.3) is 0 Å². The van der Waals surface area contributed by atoms with E-state index in [2.05, 4.69) is 26.2 Å². The van der Waals surface area contributed by atoms with Crippen molar-refractivity contribution in [3.63, 3.8) is 0 Å². The zero-order valence-corrected chi connectivity index (χ0v) is 12.8. The lowest BCUT2D eigenvalue weighted by Crippen LogP contribution is -2.25. The van der Waals surface area contributed by atoms with E-state index in [1.807, 2.05) is 12.3 Å². The minimum Gasteiger partial charge on any atom is -0.398 e. The van der Waals surface area contributed by atoms with E-state index < -0.39 is 0 Å². The van der Waals surface area contributed by atoms with Gasteiger partial charge >= 0.3 is 0 Å². The maximum atomic E-state index is 11.9. The number of amides is 1. The lowest BCUT2D eigenvalue weighted by molar-refractivity contribution is 0.0954. The van der Waals surface area contributed by atoms with Crippen LogP contribution >= 0.6 is 27.3 Å². The summed E-state index contributed by atoms with van der Waals surface area (Å²) in [5.74, 6) is -0.103. The molecule has 4 nitrogen and oxygen atoms in total. The Balaban J connectivity index is 1.89.